The Morgan fingerprint density at radius 3 is 2.33 bits per heavy atom. The maximum atomic E-state index is 12.5. The molecule has 2 rings (SSSR count). The van der Waals surface area contributed by atoms with E-state index in [2.05, 4.69) is 0 Å². The Hall–Kier alpha value is -2.17. The van der Waals surface area contributed by atoms with Crippen LogP contribution in [0.4, 0.5) is 0 Å². The summed E-state index contributed by atoms with van der Waals surface area (Å²) < 4.78 is 5.21. The van der Waals surface area contributed by atoms with Crippen LogP contribution in [0.25, 0.3) is 0 Å². The van der Waals surface area contributed by atoms with Crippen LogP contribution in [-0.2, 0) is 16.1 Å². The Morgan fingerprint density at radius 1 is 1.08 bits per heavy atom. The van der Waals surface area contributed by atoms with Crippen LogP contribution in [-0.4, -0.2) is 36.7 Å². The summed E-state index contributed by atoms with van der Waals surface area (Å²) in [4.78, 5) is 14.5. The van der Waals surface area contributed by atoms with Gasteiger partial charge in [-0.1, -0.05) is 54.6 Å². The lowest BCUT2D eigenvalue weighted by molar-refractivity contribution is -0.148. The largest absolute Gasteiger partial charge is 0.465 e. The molecule has 0 bridgehead atoms. The fraction of sp³-hybridized carbons (Fsp3) is 0.350. The molecule has 2 aromatic carbocycles. The van der Waals surface area contributed by atoms with Crippen molar-refractivity contribution in [2.24, 2.45) is 0 Å². The molecule has 0 aliphatic heterocycles. The first-order valence-electron chi connectivity index (χ1n) is 8.16. The lowest BCUT2D eigenvalue weighted by Gasteiger charge is -2.25. The Kier molecular flexibility index (Phi) is 6.53. The fourth-order valence-electron chi connectivity index (χ4n) is 2.83. The van der Waals surface area contributed by atoms with Crippen molar-refractivity contribution in [2.75, 3.05) is 20.7 Å². The first-order chi connectivity index (χ1) is 11.5. The van der Waals surface area contributed by atoms with Crippen LogP contribution in [0.3, 0.4) is 0 Å². The first-order valence-corrected chi connectivity index (χ1v) is 8.16. The molecule has 2 atom stereocenters. The number of hydrogen-bond acceptors (Lipinski definition) is 4. The second kappa shape index (κ2) is 8.62. The van der Waals surface area contributed by atoms with Gasteiger partial charge in [0.2, 0.25) is 0 Å². The third kappa shape index (κ3) is 4.43. The van der Waals surface area contributed by atoms with Crippen LogP contribution in [0.1, 0.15) is 35.6 Å². The van der Waals surface area contributed by atoms with E-state index in [0.717, 1.165) is 16.7 Å². The van der Waals surface area contributed by atoms with Crippen molar-refractivity contribution < 1.29 is 14.6 Å². The minimum atomic E-state index is -0.956. The van der Waals surface area contributed by atoms with Crippen molar-refractivity contribution >= 4 is 5.97 Å². The lowest BCUT2D eigenvalue weighted by atomic mass is 9.87. The van der Waals surface area contributed by atoms with Crippen molar-refractivity contribution in [1.29, 1.82) is 0 Å². The number of benzene rings is 2. The summed E-state index contributed by atoms with van der Waals surface area (Å²) in [6.07, 6.45) is -0.956. The van der Waals surface area contributed by atoms with E-state index in [1.165, 1.54) is 0 Å². The number of aliphatic hydroxyl groups excluding tert-OH is 1. The monoisotopic (exact) mass is 327 g/mol. The minimum absolute atomic E-state index is 0.286. The predicted molar refractivity (Wildman–Crippen MR) is 94.6 cm³/mol. The van der Waals surface area contributed by atoms with Gasteiger partial charge in [0, 0.05) is 6.54 Å². The summed E-state index contributed by atoms with van der Waals surface area (Å²) >= 11 is 0. The molecule has 0 saturated heterocycles. The van der Waals surface area contributed by atoms with Gasteiger partial charge in [-0.15, -0.1) is 0 Å². The molecular weight excluding hydrogens is 302 g/mol. The molecule has 0 aliphatic carbocycles. The zero-order chi connectivity index (χ0) is 17.5. The molecule has 0 saturated carbocycles. The third-order valence-electron chi connectivity index (χ3n) is 3.88. The van der Waals surface area contributed by atoms with Crippen molar-refractivity contribution in [2.45, 2.75) is 25.5 Å². The second-order valence-electron chi connectivity index (χ2n) is 6.02. The lowest BCUT2D eigenvalue weighted by Crippen LogP contribution is -2.24. The number of rotatable bonds is 7. The van der Waals surface area contributed by atoms with Gasteiger partial charge in [0.1, 0.15) is 5.92 Å². The second-order valence-corrected chi connectivity index (χ2v) is 6.02. The van der Waals surface area contributed by atoms with Crippen LogP contribution >= 0.6 is 0 Å². The van der Waals surface area contributed by atoms with Crippen molar-refractivity contribution in [1.82, 2.24) is 4.90 Å². The standard InChI is InChI=1S/C20H25NO3/c1-4-24-20(23)18(15-10-6-5-7-11-15)19(22)17-13-9-8-12-16(17)14-21(2)3/h5-13,18-19,22H,4,14H2,1-3H3. The van der Waals surface area contributed by atoms with E-state index in [0.29, 0.717) is 6.54 Å². The zero-order valence-electron chi connectivity index (χ0n) is 14.5. The Bertz CT molecular complexity index is 655. The molecule has 0 fully saturated rings. The van der Waals surface area contributed by atoms with Crippen LogP contribution in [0.15, 0.2) is 54.6 Å². The normalized spacial score (nSPS) is 13.5. The summed E-state index contributed by atoms with van der Waals surface area (Å²) in [6, 6.07) is 17.0. The quantitative estimate of drug-likeness (QED) is 0.794. The highest BCUT2D eigenvalue weighted by Crippen LogP contribution is 2.34. The molecule has 4 nitrogen and oxygen atoms in total. The molecule has 0 radical (unpaired) electrons. The number of aliphatic hydroxyl groups is 1. The number of esters is 1. The van der Waals surface area contributed by atoms with Gasteiger partial charge in [-0.2, -0.15) is 0 Å². The van der Waals surface area contributed by atoms with Crippen LogP contribution < -0.4 is 0 Å². The third-order valence-corrected chi connectivity index (χ3v) is 3.88. The molecule has 128 valence electrons. The van der Waals surface area contributed by atoms with Gasteiger partial charge >= 0.3 is 5.97 Å². The fourth-order valence-corrected chi connectivity index (χ4v) is 2.83. The van der Waals surface area contributed by atoms with E-state index < -0.39 is 18.0 Å². The van der Waals surface area contributed by atoms with Crippen LogP contribution in [0.2, 0.25) is 0 Å². The van der Waals surface area contributed by atoms with Gasteiger partial charge in [0.15, 0.2) is 0 Å². The number of ether oxygens (including phenoxy) is 1. The summed E-state index contributed by atoms with van der Waals surface area (Å²) in [5, 5.41) is 11.0. The summed E-state index contributed by atoms with van der Waals surface area (Å²) in [7, 11) is 3.95. The summed E-state index contributed by atoms with van der Waals surface area (Å²) in [5.41, 5.74) is 2.51. The highest BCUT2D eigenvalue weighted by atomic mass is 16.5. The van der Waals surface area contributed by atoms with E-state index in [4.69, 9.17) is 4.74 Å². The van der Waals surface area contributed by atoms with Crippen LogP contribution in [0, 0.1) is 0 Å². The Morgan fingerprint density at radius 2 is 1.71 bits per heavy atom. The van der Waals surface area contributed by atoms with Gasteiger partial charge in [-0.05, 0) is 37.7 Å². The van der Waals surface area contributed by atoms with Gasteiger partial charge in [0.25, 0.3) is 0 Å². The number of nitrogens with zero attached hydrogens (tertiary/aromatic N) is 1. The van der Waals surface area contributed by atoms with E-state index in [9.17, 15) is 9.90 Å². The van der Waals surface area contributed by atoms with Gasteiger partial charge in [-0.3, -0.25) is 4.79 Å². The molecule has 0 heterocycles. The Balaban J connectivity index is 2.41. The zero-order valence-corrected chi connectivity index (χ0v) is 14.5. The molecule has 2 unspecified atom stereocenters. The molecule has 2 aromatic rings. The van der Waals surface area contributed by atoms with E-state index in [-0.39, 0.29) is 6.61 Å². The van der Waals surface area contributed by atoms with Gasteiger partial charge < -0.3 is 14.7 Å². The molecule has 0 aliphatic rings. The van der Waals surface area contributed by atoms with Gasteiger partial charge in [-0.25, -0.2) is 0 Å². The molecule has 0 aromatic heterocycles. The number of carbonyl (C=O) groups is 1. The topological polar surface area (TPSA) is 49.8 Å². The van der Waals surface area contributed by atoms with E-state index in [1.54, 1.807) is 6.92 Å². The first kappa shape index (κ1) is 18.2. The maximum Gasteiger partial charge on any atom is 0.316 e. The average Bonchev–Trinajstić information content (AvgIpc) is 2.56. The molecule has 24 heavy (non-hydrogen) atoms. The predicted octanol–water partition coefficient (Wildman–Crippen LogP) is 3.13. The molecular formula is C20H25NO3. The Labute approximate surface area is 143 Å². The molecule has 1 N–H and O–H groups in total. The smallest absolute Gasteiger partial charge is 0.316 e. The van der Waals surface area contributed by atoms with Crippen LogP contribution in [0.5, 0.6) is 0 Å². The highest BCUT2D eigenvalue weighted by molar-refractivity contribution is 5.79. The summed E-state index contributed by atoms with van der Waals surface area (Å²) in [5.74, 6) is -1.15. The average molecular weight is 327 g/mol. The molecule has 0 spiro atoms. The maximum absolute atomic E-state index is 12.5. The SMILES string of the molecule is CCOC(=O)C(c1ccccc1)C(O)c1ccccc1CN(C)C. The summed E-state index contributed by atoms with van der Waals surface area (Å²) in [6.45, 7) is 2.75. The number of carbonyl (C=O) groups excluding carboxylic acids is 1. The number of hydrogen-bond donors (Lipinski definition) is 1. The van der Waals surface area contributed by atoms with Gasteiger partial charge in [0.05, 0.1) is 12.7 Å². The highest BCUT2D eigenvalue weighted by Gasteiger charge is 2.32. The van der Waals surface area contributed by atoms with Crippen molar-refractivity contribution in [3.63, 3.8) is 0 Å². The van der Waals surface area contributed by atoms with E-state index >= 15 is 0 Å². The van der Waals surface area contributed by atoms with Crippen molar-refractivity contribution in [3.05, 3.63) is 71.3 Å². The van der Waals surface area contributed by atoms with Crippen molar-refractivity contribution in [3.8, 4) is 0 Å². The van der Waals surface area contributed by atoms with E-state index in [1.807, 2.05) is 73.6 Å². The minimum Gasteiger partial charge on any atom is -0.465 e. The molecule has 4 heteroatoms. The molecule has 0 amide bonds.